The Morgan fingerprint density at radius 2 is 1.07 bits per heavy atom. The van der Waals surface area contributed by atoms with Crippen LogP contribution < -0.4 is 9.30 Å². The van der Waals surface area contributed by atoms with Gasteiger partial charge in [0.2, 0.25) is 0 Å². The van der Waals surface area contributed by atoms with Crippen LogP contribution in [-0.2, 0) is 37.3 Å². The van der Waals surface area contributed by atoms with E-state index in [-0.39, 0.29) is 49.7 Å². The molecule has 0 amide bonds. The van der Waals surface area contributed by atoms with Gasteiger partial charge in [0.15, 0.2) is 0 Å². The zero-order valence-corrected chi connectivity index (χ0v) is 42.9. The second-order valence-corrected chi connectivity index (χ2v) is 19.7. The Bertz CT molecular complexity index is 3700. The second-order valence-electron chi connectivity index (χ2n) is 19.7. The van der Waals surface area contributed by atoms with E-state index >= 15 is 0 Å². The van der Waals surface area contributed by atoms with Gasteiger partial charge < -0.3 is 13.9 Å². The van der Waals surface area contributed by atoms with Crippen molar-refractivity contribution in [2.24, 2.45) is 0 Å². The van der Waals surface area contributed by atoms with Crippen LogP contribution in [-0.4, -0.2) is 14.1 Å². The van der Waals surface area contributed by atoms with Crippen LogP contribution in [0.15, 0.2) is 219 Å². The van der Waals surface area contributed by atoms with Crippen LogP contribution in [0.3, 0.4) is 0 Å². The van der Waals surface area contributed by atoms with Crippen molar-refractivity contribution in [3.63, 3.8) is 0 Å². The summed E-state index contributed by atoms with van der Waals surface area (Å²) in [6, 6.07) is 76.0. The molecule has 0 saturated heterocycles. The molecule has 8 aromatic carbocycles. The monoisotopic (exact) mass is 1100 g/mol. The van der Waals surface area contributed by atoms with Crippen LogP contribution in [0.5, 0.6) is 11.5 Å². The first kappa shape index (κ1) is 44.6. The molecule has 0 aliphatic carbocycles. The standard InChI is InChI=1S/C65H54N4O.Pt/c1-63(2,48-23-13-8-14-24-48)51-33-34-66-62(42-51)69-60-30-20-19-29-58(60)59-32-31-56(44-61(59)69)70-57-38-47(46-21-11-7-12-22-46)37-54(43-57)67-35-36-68(45-67)55-40-52(64(3,4)49-25-15-9-16-26-49)39-53(41-55)65(5,6)50-27-17-10-18-28-50;/h7-42H,1-6H3;/q-2;/i35D,36D;. The minimum Gasteiger partial charge on any atom is -0.510 e. The third kappa shape index (κ3) is 8.96. The van der Waals surface area contributed by atoms with E-state index in [0.29, 0.717) is 17.2 Å². The largest absolute Gasteiger partial charge is 0.510 e. The molecule has 0 aliphatic heterocycles. The summed E-state index contributed by atoms with van der Waals surface area (Å²) < 4.78 is 31.2. The number of hydrogen-bond donors (Lipinski definition) is 0. The Hall–Kier alpha value is -7.59. The molecule has 0 N–H and O–H groups in total. The molecule has 3 heterocycles. The summed E-state index contributed by atoms with van der Waals surface area (Å²) in [6.07, 6.45) is 5.27. The summed E-state index contributed by atoms with van der Waals surface area (Å²) >= 11 is 0. The molecule has 3 aromatic heterocycles. The molecule has 71 heavy (non-hydrogen) atoms. The van der Waals surface area contributed by atoms with Gasteiger partial charge >= 0.3 is 0 Å². The quantitative estimate of drug-likeness (QED) is 0.0903. The number of nitrogens with zero attached hydrogens (tertiary/aromatic N) is 4. The minimum absolute atomic E-state index is 0. The first-order valence-corrected chi connectivity index (χ1v) is 23.9. The van der Waals surface area contributed by atoms with Gasteiger partial charge in [0.1, 0.15) is 5.82 Å². The summed E-state index contributed by atoms with van der Waals surface area (Å²) in [6.45, 7) is 13.4. The third-order valence-electron chi connectivity index (χ3n) is 14.2. The van der Waals surface area contributed by atoms with E-state index in [9.17, 15) is 2.74 Å². The maximum absolute atomic E-state index is 9.51. The van der Waals surface area contributed by atoms with E-state index in [4.69, 9.17) is 9.72 Å². The van der Waals surface area contributed by atoms with Gasteiger partial charge in [-0.1, -0.05) is 193 Å². The fourth-order valence-electron chi connectivity index (χ4n) is 9.73. The van der Waals surface area contributed by atoms with Crippen LogP contribution in [0.2, 0.25) is 0 Å². The summed E-state index contributed by atoms with van der Waals surface area (Å²) in [5.41, 5.74) is 10.8. The Morgan fingerprint density at radius 3 is 1.69 bits per heavy atom. The third-order valence-corrected chi connectivity index (χ3v) is 14.2. The van der Waals surface area contributed by atoms with Crippen molar-refractivity contribution < 1.29 is 33.1 Å². The number of ether oxygens (including phenoxy) is 1. The molecule has 0 radical (unpaired) electrons. The molecule has 0 fully saturated rings. The van der Waals surface area contributed by atoms with Gasteiger partial charge in [-0.15, -0.1) is 35.2 Å². The van der Waals surface area contributed by atoms with Crippen molar-refractivity contribution in [2.75, 3.05) is 0 Å². The van der Waals surface area contributed by atoms with Crippen molar-refractivity contribution in [1.82, 2.24) is 14.1 Å². The van der Waals surface area contributed by atoms with Crippen LogP contribution >= 0.6 is 0 Å². The number of aromatic nitrogens is 4. The maximum atomic E-state index is 9.51. The molecule has 0 aliphatic rings. The number of para-hydroxylation sites is 1. The SMILES string of the molecule is [2H]c1c([2H])[n+](-c2cc(C(C)(C)c3ccccc3)cc(C(C)(C)c3ccccc3)c2)[c-]n1-c1[c-]c(Oc2[c-]c3c(cc2)c2ccccc2n3-c2cc(C(C)(C)c3ccccc3)ccn2)cc(-c2ccccc2)c1.[Pt]. The fourth-order valence-corrected chi connectivity index (χ4v) is 9.73. The van der Waals surface area contributed by atoms with Gasteiger partial charge in [-0.25, -0.2) is 4.98 Å². The molecular formula is C65H54N4OPt-2. The zero-order valence-electron chi connectivity index (χ0n) is 42.6. The van der Waals surface area contributed by atoms with Gasteiger partial charge in [-0.2, -0.15) is 12.1 Å². The van der Waals surface area contributed by atoms with Gasteiger partial charge in [0, 0.05) is 72.9 Å². The number of imidazole rings is 1. The number of pyridine rings is 1. The second kappa shape index (κ2) is 19.0. The Morgan fingerprint density at radius 1 is 0.507 bits per heavy atom. The average Bonchev–Trinajstić information content (AvgIpc) is 3.91. The number of fused-ring (bicyclic) bond motifs is 3. The zero-order chi connectivity index (χ0) is 49.8. The molecule has 0 atom stereocenters. The topological polar surface area (TPSA) is 35.9 Å². The van der Waals surface area contributed by atoms with Gasteiger partial charge in [0.25, 0.3) is 6.33 Å². The van der Waals surface area contributed by atoms with E-state index in [0.717, 1.165) is 61.1 Å². The van der Waals surface area contributed by atoms with E-state index in [1.807, 2.05) is 72.9 Å². The van der Waals surface area contributed by atoms with Gasteiger partial charge in [-0.05, 0) is 80.3 Å². The smallest absolute Gasteiger partial charge is 0.267 e. The number of benzene rings is 8. The molecule has 0 unspecified atom stereocenters. The van der Waals surface area contributed by atoms with Crippen LogP contribution in [0.4, 0.5) is 0 Å². The van der Waals surface area contributed by atoms with Crippen molar-refractivity contribution in [3.8, 4) is 39.8 Å². The first-order valence-electron chi connectivity index (χ1n) is 24.9. The van der Waals surface area contributed by atoms with Crippen molar-refractivity contribution in [2.45, 2.75) is 57.8 Å². The fraction of sp³-hybridized carbons (Fsp3) is 0.138. The van der Waals surface area contributed by atoms with Crippen LogP contribution in [0.25, 0.3) is 50.1 Å². The predicted octanol–water partition coefficient (Wildman–Crippen LogP) is 15.1. The molecule has 0 saturated carbocycles. The normalized spacial score (nSPS) is 12.4. The maximum Gasteiger partial charge on any atom is 0.267 e. The molecule has 5 nitrogen and oxygen atoms in total. The first-order chi connectivity index (χ1) is 34.8. The molecular weight excluding hydrogens is 1050 g/mol. The molecule has 6 heteroatoms. The minimum atomic E-state index is -0.383. The number of hydrogen-bond acceptors (Lipinski definition) is 2. The molecule has 11 aromatic rings. The van der Waals surface area contributed by atoms with Crippen molar-refractivity contribution in [3.05, 3.63) is 271 Å². The van der Waals surface area contributed by atoms with Gasteiger partial charge in [-0.3, -0.25) is 4.57 Å². The summed E-state index contributed by atoms with van der Waals surface area (Å²) in [5.74, 6) is 1.70. The molecule has 352 valence electrons. The number of rotatable bonds is 12. The predicted molar refractivity (Wildman–Crippen MR) is 284 cm³/mol. The summed E-state index contributed by atoms with van der Waals surface area (Å²) in [5, 5.41) is 2.11. The van der Waals surface area contributed by atoms with Crippen LogP contribution in [0, 0.1) is 18.5 Å². The van der Waals surface area contributed by atoms with E-state index < -0.39 is 0 Å². The van der Waals surface area contributed by atoms with E-state index in [2.05, 4.69) is 198 Å². The van der Waals surface area contributed by atoms with Gasteiger partial charge in [0.05, 0.1) is 8.43 Å². The van der Waals surface area contributed by atoms with Crippen LogP contribution in [0.1, 0.15) is 77.7 Å². The van der Waals surface area contributed by atoms with Crippen molar-refractivity contribution in [1.29, 1.82) is 0 Å². The van der Waals surface area contributed by atoms with E-state index in [1.165, 1.54) is 16.7 Å². The Balaban J connectivity index is 0.00000611. The summed E-state index contributed by atoms with van der Waals surface area (Å²) in [4.78, 5) is 4.95. The summed E-state index contributed by atoms with van der Waals surface area (Å²) in [7, 11) is 0. The Kier molecular flexibility index (Phi) is 11.9. The molecule has 11 rings (SSSR count). The Labute approximate surface area is 434 Å². The van der Waals surface area contributed by atoms with E-state index in [1.54, 1.807) is 9.13 Å². The van der Waals surface area contributed by atoms with Crippen molar-refractivity contribution >= 4 is 21.8 Å². The average molecular weight is 1100 g/mol. The molecule has 0 bridgehead atoms. The molecule has 0 spiro atoms.